The summed E-state index contributed by atoms with van der Waals surface area (Å²) in [6.45, 7) is -0.340. The quantitative estimate of drug-likeness (QED) is 0.566. The number of carbonyl (C=O) groups excluding carboxylic acids is 3. The number of benzene rings is 2. The van der Waals surface area contributed by atoms with E-state index in [1.54, 1.807) is 48.5 Å². The summed E-state index contributed by atoms with van der Waals surface area (Å²) in [5.74, 6) is 0.909. The molecule has 5 nitrogen and oxygen atoms in total. The van der Waals surface area contributed by atoms with E-state index in [9.17, 15) is 14.4 Å². The van der Waals surface area contributed by atoms with Crippen LogP contribution in [-0.4, -0.2) is 24.3 Å². The summed E-state index contributed by atoms with van der Waals surface area (Å²) in [4.78, 5) is 37.2. The van der Waals surface area contributed by atoms with Gasteiger partial charge in [0.25, 0.3) is 5.91 Å². The molecule has 0 radical (unpaired) electrons. The Hall–Kier alpha value is -2.95. The van der Waals surface area contributed by atoms with Crippen LogP contribution in [0.1, 0.15) is 48.0 Å². The van der Waals surface area contributed by atoms with Crippen molar-refractivity contribution in [3.05, 3.63) is 65.7 Å². The molecule has 2 aliphatic rings. The first-order valence-electron chi connectivity index (χ1n) is 10.2. The van der Waals surface area contributed by atoms with Crippen LogP contribution in [0.15, 0.2) is 54.6 Å². The van der Waals surface area contributed by atoms with E-state index in [1.165, 1.54) is 19.3 Å². The first-order valence-corrected chi connectivity index (χ1v) is 10.2. The number of fused-ring (bicyclic) bond motifs is 2. The smallest absolute Gasteiger partial charge is 0.306 e. The van der Waals surface area contributed by atoms with Crippen molar-refractivity contribution in [3.8, 4) is 0 Å². The van der Waals surface area contributed by atoms with E-state index in [-0.39, 0.29) is 18.4 Å². The minimum Gasteiger partial charge on any atom is -0.456 e. The fraction of sp³-hybridized carbons (Fsp3) is 0.375. The summed E-state index contributed by atoms with van der Waals surface area (Å²) < 4.78 is 5.19. The van der Waals surface area contributed by atoms with Gasteiger partial charge in [0.2, 0.25) is 0 Å². The number of hydrogen-bond donors (Lipinski definition) is 1. The Morgan fingerprint density at radius 3 is 2.41 bits per heavy atom. The average molecular weight is 391 g/mol. The second kappa shape index (κ2) is 8.60. The molecule has 4 rings (SSSR count). The third kappa shape index (κ3) is 4.56. The number of ketones is 1. The molecule has 2 aliphatic carbocycles. The summed E-state index contributed by atoms with van der Waals surface area (Å²) in [7, 11) is 0. The summed E-state index contributed by atoms with van der Waals surface area (Å²) >= 11 is 0. The molecule has 2 aromatic rings. The Morgan fingerprint density at radius 2 is 1.69 bits per heavy atom. The molecule has 0 unspecified atom stereocenters. The Morgan fingerprint density at radius 1 is 0.931 bits per heavy atom. The number of esters is 1. The van der Waals surface area contributed by atoms with E-state index in [4.69, 9.17) is 4.74 Å². The highest BCUT2D eigenvalue weighted by Crippen LogP contribution is 2.49. The van der Waals surface area contributed by atoms with Crippen LogP contribution < -0.4 is 5.32 Å². The van der Waals surface area contributed by atoms with Crippen LogP contribution in [0.25, 0.3) is 0 Å². The third-order valence-electron chi connectivity index (χ3n) is 6.16. The summed E-state index contributed by atoms with van der Waals surface area (Å²) in [5.41, 5.74) is 1.36. The molecular formula is C24H25NO4. The molecule has 2 saturated carbocycles. The highest BCUT2D eigenvalue weighted by atomic mass is 16.5. The lowest BCUT2D eigenvalue weighted by molar-refractivity contribution is -0.148. The Labute approximate surface area is 170 Å². The van der Waals surface area contributed by atoms with Gasteiger partial charge in [0.05, 0.1) is 5.69 Å². The van der Waals surface area contributed by atoms with Gasteiger partial charge in [-0.2, -0.15) is 0 Å². The van der Waals surface area contributed by atoms with E-state index in [2.05, 4.69) is 5.32 Å². The van der Waals surface area contributed by atoms with Crippen LogP contribution in [0.2, 0.25) is 0 Å². The minimum absolute atomic E-state index is 0.171. The molecule has 2 fully saturated rings. The lowest BCUT2D eigenvalue weighted by atomic mass is 9.86. The molecule has 3 atom stereocenters. The molecule has 1 amide bonds. The number of para-hydroxylation sites is 1. The summed E-state index contributed by atoms with van der Waals surface area (Å²) in [5, 5.41) is 2.70. The maximum atomic E-state index is 12.7. The van der Waals surface area contributed by atoms with Gasteiger partial charge in [-0.1, -0.05) is 48.9 Å². The second-order valence-corrected chi connectivity index (χ2v) is 8.09. The standard InChI is InChI=1S/C24H25NO4/c26-22(15-29-23(27)14-19-13-16-10-11-18(19)12-16)25-21-9-5-4-8-20(21)24(28)17-6-2-1-3-7-17/h1-9,16,18-19H,10-15H2,(H,25,26)/t16-,18-,19+/m1/s1. The van der Waals surface area contributed by atoms with E-state index < -0.39 is 5.91 Å². The predicted molar refractivity (Wildman–Crippen MR) is 109 cm³/mol. The van der Waals surface area contributed by atoms with Crippen molar-refractivity contribution in [3.63, 3.8) is 0 Å². The van der Waals surface area contributed by atoms with Crippen molar-refractivity contribution in [2.75, 3.05) is 11.9 Å². The molecule has 2 bridgehead atoms. The fourth-order valence-corrected chi connectivity index (χ4v) is 4.77. The van der Waals surface area contributed by atoms with E-state index in [0.717, 1.165) is 12.3 Å². The molecule has 0 saturated heterocycles. The van der Waals surface area contributed by atoms with Crippen molar-refractivity contribution >= 4 is 23.3 Å². The van der Waals surface area contributed by atoms with E-state index in [0.29, 0.717) is 35.1 Å². The Bertz CT molecular complexity index is 908. The van der Waals surface area contributed by atoms with Gasteiger partial charge in [-0.25, -0.2) is 0 Å². The van der Waals surface area contributed by atoms with Gasteiger partial charge >= 0.3 is 5.97 Å². The van der Waals surface area contributed by atoms with Crippen LogP contribution in [0.4, 0.5) is 5.69 Å². The maximum absolute atomic E-state index is 12.7. The summed E-state index contributed by atoms with van der Waals surface area (Å²) in [6.07, 6.45) is 5.26. The second-order valence-electron chi connectivity index (χ2n) is 8.09. The molecule has 29 heavy (non-hydrogen) atoms. The van der Waals surface area contributed by atoms with Crippen molar-refractivity contribution in [1.82, 2.24) is 0 Å². The molecular weight excluding hydrogens is 366 g/mol. The first kappa shape index (κ1) is 19.4. The normalized spacial score (nSPS) is 22.3. The zero-order valence-electron chi connectivity index (χ0n) is 16.3. The number of anilines is 1. The van der Waals surface area contributed by atoms with Gasteiger partial charge in [0, 0.05) is 17.5 Å². The van der Waals surface area contributed by atoms with Gasteiger partial charge in [-0.05, 0) is 49.1 Å². The molecule has 0 heterocycles. The van der Waals surface area contributed by atoms with Crippen LogP contribution in [-0.2, 0) is 14.3 Å². The van der Waals surface area contributed by atoms with Crippen molar-refractivity contribution in [2.24, 2.45) is 17.8 Å². The number of amides is 1. The molecule has 0 aromatic heterocycles. The van der Waals surface area contributed by atoms with Crippen LogP contribution in [0.5, 0.6) is 0 Å². The number of nitrogens with one attached hydrogen (secondary N) is 1. The molecule has 1 N–H and O–H groups in total. The van der Waals surface area contributed by atoms with Gasteiger partial charge < -0.3 is 10.1 Å². The first-order chi connectivity index (χ1) is 14.1. The van der Waals surface area contributed by atoms with Crippen LogP contribution in [0, 0.1) is 17.8 Å². The van der Waals surface area contributed by atoms with Crippen molar-refractivity contribution < 1.29 is 19.1 Å². The SMILES string of the molecule is O=C(COC(=O)C[C@@H]1C[C@@H]2CC[C@@H]1C2)Nc1ccccc1C(=O)c1ccccc1. The van der Waals surface area contributed by atoms with Crippen LogP contribution in [0.3, 0.4) is 0 Å². The number of carbonyl (C=O) groups is 3. The highest BCUT2D eigenvalue weighted by Gasteiger charge is 2.40. The van der Waals surface area contributed by atoms with Crippen molar-refractivity contribution in [2.45, 2.75) is 32.1 Å². The zero-order chi connectivity index (χ0) is 20.2. The Kier molecular flexibility index (Phi) is 5.74. The largest absolute Gasteiger partial charge is 0.456 e. The number of ether oxygens (including phenoxy) is 1. The molecule has 0 aliphatic heterocycles. The average Bonchev–Trinajstić information content (AvgIpc) is 3.36. The lowest BCUT2D eigenvalue weighted by Crippen LogP contribution is -2.24. The summed E-state index contributed by atoms with van der Waals surface area (Å²) in [6, 6.07) is 15.7. The van der Waals surface area contributed by atoms with E-state index in [1.807, 2.05) is 6.07 Å². The topological polar surface area (TPSA) is 72.5 Å². The molecule has 150 valence electrons. The molecule has 0 spiro atoms. The van der Waals surface area contributed by atoms with Gasteiger partial charge in [0.1, 0.15) is 0 Å². The zero-order valence-corrected chi connectivity index (χ0v) is 16.3. The predicted octanol–water partition coefficient (Wildman–Crippen LogP) is 4.23. The molecule has 2 aromatic carbocycles. The fourth-order valence-electron chi connectivity index (χ4n) is 4.77. The number of rotatable bonds is 7. The van der Waals surface area contributed by atoms with E-state index >= 15 is 0 Å². The number of hydrogen-bond acceptors (Lipinski definition) is 4. The minimum atomic E-state index is -0.445. The van der Waals surface area contributed by atoms with Gasteiger partial charge in [0.15, 0.2) is 12.4 Å². The third-order valence-corrected chi connectivity index (χ3v) is 6.16. The Balaban J connectivity index is 1.32. The van der Waals surface area contributed by atoms with Gasteiger partial charge in [-0.3, -0.25) is 14.4 Å². The van der Waals surface area contributed by atoms with Crippen LogP contribution >= 0.6 is 0 Å². The lowest BCUT2D eigenvalue weighted by Gasteiger charge is -2.20. The van der Waals surface area contributed by atoms with Gasteiger partial charge in [-0.15, -0.1) is 0 Å². The monoisotopic (exact) mass is 391 g/mol. The highest BCUT2D eigenvalue weighted by molar-refractivity contribution is 6.13. The molecule has 5 heteroatoms. The van der Waals surface area contributed by atoms with Crippen molar-refractivity contribution in [1.29, 1.82) is 0 Å². The maximum Gasteiger partial charge on any atom is 0.306 e.